The fourth-order valence-corrected chi connectivity index (χ4v) is 5.84. The second-order valence-corrected chi connectivity index (χ2v) is 9.62. The first-order valence-corrected chi connectivity index (χ1v) is 10.8. The molecule has 0 amide bonds. The van der Waals surface area contributed by atoms with Crippen molar-refractivity contribution in [1.82, 2.24) is 0 Å². The van der Waals surface area contributed by atoms with Gasteiger partial charge < -0.3 is 19.7 Å². The van der Waals surface area contributed by atoms with E-state index in [1.165, 1.54) is 11.1 Å². The van der Waals surface area contributed by atoms with E-state index in [1.54, 1.807) is 11.8 Å². The molecule has 4 nitrogen and oxygen atoms in total. The Kier molecular flexibility index (Phi) is 5.81. The summed E-state index contributed by atoms with van der Waals surface area (Å²) in [4.78, 5) is 0. The SMILES string of the molecule is CC1(C)O[C@H]2[C@@H](O)[C@@H](Cc3ccccc3)S[C@H](Cc3ccccc3)[C@H](O)[C@@H]2O1. The van der Waals surface area contributed by atoms with Crippen molar-refractivity contribution in [2.45, 2.75) is 67.4 Å². The Labute approximate surface area is 170 Å². The Morgan fingerprint density at radius 2 is 1.14 bits per heavy atom. The second-order valence-electron chi connectivity index (χ2n) is 8.14. The maximum Gasteiger partial charge on any atom is 0.164 e. The molecular weight excluding hydrogens is 372 g/mol. The molecule has 2 aliphatic rings. The normalized spacial score (nSPS) is 34.6. The van der Waals surface area contributed by atoms with Crippen LogP contribution in [0.4, 0.5) is 0 Å². The topological polar surface area (TPSA) is 58.9 Å². The van der Waals surface area contributed by atoms with Gasteiger partial charge in [-0.3, -0.25) is 0 Å². The van der Waals surface area contributed by atoms with E-state index in [2.05, 4.69) is 24.3 Å². The van der Waals surface area contributed by atoms with E-state index >= 15 is 0 Å². The molecule has 0 aliphatic carbocycles. The van der Waals surface area contributed by atoms with E-state index in [0.29, 0.717) is 0 Å². The average Bonchev–Trinajstić information content (AvgIpc) is 2.99. The van der Waals surface area contributed by atoms with E-state index in [4.69, 9.17) is 9.47 Å². The number of aliphatic hydroxyl groups excluding tert-OH is 2. The van der Waals surface area contributed by atoms with Crippen LogP contribution in [0.2, 0.25) is 0 Å². The number of benzene rings is 2. The third-order valence-electron chi connectivity index (χ3n) is 5.51. The first kappa shape index (κ1) is 19.9. The van der Waals surface area contributed by atoms with Gasteiger partial charge in [0.15, 0.2) is 5.79 Å². The van der Waals surface area contributed by atoms with Gasteiger partial charge in [0.1, 0.15) is 12.2 Å². The largest absolute Gasteiger partial charge is 0.389 e. The standard InChI is InChI=1S/C23H28O4S/c1-23(2)26-21-19(24)17(13-15-9-5-3-6-10-15)28-18(20(25)22(21)27-23)14-16-11-7-4-8-12-16/h3-12,17-22,24-25H,13-14H2,1-2H3/t17-,18-,19+,20+,21+,22+/m1/s1. The van der Waals surface area contributed by atoms with Crippen LogP contribution >= 0.6 is 11.8 Å². The van der Waals surface area contributed by atoms with Crippen LogP contribution in [0.5, 0.6) is 0 Å². The Morgan fingerprint density at radius 1 is 0.750 bits per heavy atom. The Morgan fingerprint density at radius 3 is 1.54 bits per heavy atom. The molecule has 4 rings (SSSR count). The van der Waals surface area contributed by atoms with Gasteiger partial charge in [-0.05, 0) is 37.8 Å². The highest BCUT2D eigenvalue weighted by Crippen LogP contribution is 2.42. The summed E-state index contributed by atoms with van der Waals surface area (Å²) in [6.07, 6.45) is -1.06. The Balaban J connectivity index is 1.62. The zero-order valence-corrected chi connectivity index (χ0v) is 17.1. The predicted octanol–water partition coefficient (Wildman–Crippen LogP) is 3.20. The molecule has 2 aliphatic heterocycles. The maximum atomic E-state index is 11.2. The summed E-state index contributed by atoms with van der Waals surface area (Å²) < 4.78 is 12.1. The van der Waals surface area contributed by atoms with Gasteiger partial charge >= 0.3 is 0 Å². The maximum absolute atomic E-state index is 11.2. The molecule has 150 valence electrons. The van der Waals surface area contributed by atoms with Crippen molar-refractivity contribution >= 4 is 11.8 Å². The molecule has 2 fully saturated rings. The van der Waals surface area contributed by atoms with E-state index < -0.39 is 30.2 Å². The molecular formula is C23H28O4S. The van der Waals surface area contributed by atoms with Gasteiger partial charge in [0.25, 0.3) is 0 Å². The van der Waals surface area contributed by atoms with Crippen LogP contribution in [0.25, 0.3) is 0 Å². The van der Waals surface area contributed by atoms with E-state index in [1.807, 2.05) is 50.2 Å². The number of fused-ring (bicyclic) bond motifs is 1. The molecule has 0 radical (unpaired) electrons. The number of hydrogen-bond acceptors (Lipinski definition) is 5. The van der Waals surface area contributed by atoms with Crippen molar-refractivity contribution in [3.05, 3.63) is 71.8 Å². The van der Waals surface area contributed by atoms with E-state index in [0.717, 1.165) is 12.8 Å². The van der Waals surface area contributed by atoms with Crippen molar-refractivity contribution in [1.29, 1.82) is 0 Å². The van der Waals surface area contributed by atoms with Gasteiger partial charge in [0.2, 0.25) is 0 Å². The lowest BCUT2D eigenvalue weighted by Gasteiger charge is -2.28. The van der Waals surface area contributed by atoms with Crippen LogP contribution < -0.4 is 0 Å². The zero-order chi connectivity index (χ0) is 19.7. The van der Waals surface area contributed by atoms with Crippen LogP contribution in [0.1, 0.15) is 25.0 Å². The number of thioether (sulfide) groups is 1. The van der Waals surface area contributed by atoms with E-state index in [9.17, 15) is 10.2 Å². The molecule has 5 heteroatoms. The summed E-state index contributed by atoms with van der Waals surface area (Å²) in [5.74, 6) is -0.812. The molecule has 28 heavy (non-hydrogen) atoms. The van der Waals surface area contributed by atoms with Crippen LogP contribution in [-0.2, 0) is 22.3 Å². The van der Waals surface area contributed by atoms with Gasteiger partial charge in [0.05, 0.1) is 12.2 Å². The minimum absolute atomic E-state index is 0.0849. The molecule has 0 aromatic heterocycles. The fraction of sp³-hybridized carbons (Fsp3) is 0.478. The Bertz CT molecular complexity index is 703. The van der Waals surface area contributed by atoms with Crippen LogP contribution in [0.3, 0.4) is 0 Å². The molecule has 2 aromatic rings. The summed E-state index contributed by atoms with van der Waals surface area (Å²) in [5, 5.41) is 22.2. The molecule has 6 atom stereocenters. The minimum Gasteiger partial charge on any atom is -0.389 e. The molecule has 2 heterocycles. The van der Waals surface area contributed by atoms with Gasteiger partial charge in [-0.15, -0.1) is 11.8 Å². The van der Waals surface area contributed by atoms with Gasteiger partial charge in [-0.25, -0.2) is 0 Å². The van der Waals surface area contributed by atoms with E-state index in [-0.39, 0.29) is 10.5 Å². The first-order valence-electron chi connectivity index (χ1n) is 9.88. The quantitative estimate of drug-likeness (QED) is 0.825. The summed E-state index contributed by atoms with van der Waals surface area (Å²) in [5.41, 5.74) is 2.34. The first-order chi connectivity index (χ1) is 13.4. The third-order valence-corrected chi connectivity index (χ3v) is 7.10. The highest BCUT2D eigenvalue weighted by Gasteiger charge is 2.54. The van der Waals surface area contributed by atoms with Crippen molar-refractivity contribution < 1.29 is 19.7 Å². The molecule has 2 aromatic carbocycles. The summed E-state index contributed by atoms with van der Waals surface area (Å²) in [6, 6.07) is 20.4. The molecule has 0 bridgehead atoms. The average molecular weight is 401 g/mol. The number of rotatable bonds is 4. The number of aliphatic hydroxyl groups is 2. The van der Waals surface area contributed by atoms with Crippen molar-refractivity contribution in [2.24, 2.45) is 0 Å². The highest BCUT2D eigenvalue weighted by molar-refractivity contribution is 8.00. The lowest BCUT2D eigenvalue weighted by molar-refractivity contribution is -0.161. The highest BCUT2D eigenvalue weighted by atomic mass is 32.2. The zero-order valence-electron chi connectivity index (χ0n) is 16.3. The van der Waals surface area contributed by atoms with Crippen molar-refractivity contribution in [2.75, 3.05) is 0 Å². The monoisotopic (exact) mass is 400 g/mol. The molecule has 0 spiro atoms. The van der Waals surface area contributed by atoms with Crippen LogP contribution in [0, 0.1) is 0 Å². The van der Waals surface area contributed by atoms with Gasteiger partial charge in [-0.2, -0.15) is 0 Å². The number of hydrogen-bond donors (Lipinski definition) is 2. The lowest BCUT2D eigenvalue weighted by Crippen LogP contribution is -2.45. The second kappa shape index (κ2) is 8.17. The minimum atomic E-state index is -0.812. The van der Waals surface area contributed by atoms with Crippen molar-refractivity contribution in [3.63, 3.8) is 0 Å². The molecule has 0 unspecified atom stereocenters. The summed E-state index contributed by atoms with van der Waals surface area (Å²) in [7, 11) is 0. The predicted molar refractivity (Wildman–Crippen MR) is 111 cm³/mol. The van der Waals surface area contributed by atoms with Crippen LogP contribution in [-0.4, -0.2) is 50.9 Å². The molecule has 0 saturated carbocycles. The van der Waals surface area contributed by atoms with Crippen molar-refractivity contribution in [3.8, 4) is 0 Å². The number of ether oxygens (including phenoxy) is 2. The van der Waals surface area contributed by atoms with Crippen LogP contribution in [0.15, 0.2) is 60.7 Å². The third kappa shape index (κ3) is 4.29. The summed E-state index contributed by atoms with van der Waals surface area (Å²) >= 11 is 1.66. The smallest absolute Gasteiger partial charge is 0.164 e. The lowest BCUT2D eigenvalue weighted by atomic mass is 9.95. The Hall–Kier alpha value is -1.37. The van der Waals surface area contributed by atoms with Gasteiger partial charge in [0, 0.05) is 10.5 Å². The van der Waals surface area contributed by atoms with Gasteiger partial charge in [-0.1, -0.05) is 60.7 Å². The molecule has 2 N–H and O–H groups in total. The summed E-state index contributed by atoms with van der Waals surface area (Å²) in [6.45, 7) is 3.68. The molecule has 2 saturated heterocycles. The fourth-order valence-electron chi connectivity index (χ4n) is 4.18.